The molecule has 0 aliphatic carbocycles. The summed E-state index contributed by atoms with van der Waals surface area (Å²) >= 11 is 0. The number of aliphatic hydroxyl groups is 9. The van der Waals surface area contributed by atoms with Gasteiger partial charge in [-0.3, -0.25) is 14.4 Å². The molecule has 69 heavy (non-hydrogen) atoms. The van der Waals surface area contributed by atoms with Crippen molar-refractivity contribution in [3.8, 4) is 0 Å². The topological polar surface area (TPSA) is 352 Å². The smallest absolute Gasteiger partial charge is 0.217 e. The van der Waals surface area contributed by atoms with Crippen molar-refractivity contribution >= 4 is 17.7 Å². The molecule has 2 fully saturated rings. The van der Waals surface area contributed by atoms with Crippen LogP contribution in [0.3, 0.4) is 0 Å². The molecular weight excluding hydrogens is 918 g/mol. The minimum atomic E-state index is -1.73. The van der Waals surface area contributed by atoms with Gasteiger partial charge in [0.05, 0.1) is 52.3 Å². The average molecular weight is 1000 g/mol. The Hall–Kier alpha value is -2.89. The summed E-state index contributed by atoms with van der Waals surface area (Å²) in [5.74, 6) is -2.37. The first-order valence-corrected chi connectivity index (χ1v) is 23.9. The van der Waals surface area contributed by atoms with Crippen LogP contribution in [0.4, 0.5) is 0 Å². The second-order valence-corrected chi connectivity index (χ2v) is 18.3. The van der Waals surface area contributed by atoms with Gasteiger partial charge in [0.1, 0.15) is 48.2 Å². The van der Waals surface area contributed by atoms with E-state index in [2.05, 4.69) is 16.0 Å². The van der Waals surface area contributed by atoms with E-state index in [9.17, 15) is 60.3 Å². The minimum Gasteiger partial charge on any atom is -0.506 e. The highest BCUT2D eigenvalue weighted by atomic mass is 16.7. The van der Waals surface area contributed by atoms with Gasteiger partial charge in [-0.1, -0.05) is 6.92 Å². The van der Waals surface area contributed by atoms with Crippen molar-refractivity contribution in [3.63, 3.8) is 0 Å². The molecule has 402 valence electrons. The van der Waals surface area contributed by atoms with Crippen LogP contribution in [0.1, 0.15) is 91.9 Å². The Bertz CT molecular complexity index is 1530. The maximum Gasteiger partial charge on any atom is 0.217 e. The molecule has 24 heteroatoms. The van der Waals surface area contributed by atoms with E-state index in [1.54, 1.807) is 0 Å². The van der Waals surface area contributed by atoms with E-state index in [0.29, 0.717) is 84.6 Å². The van der Waals surface area contributed by atoms with Crippen molar-refractivity contribution in [2.45, 2.75) is 165 Å². The molecule has 13 atom stereocenters. The summed E-state index contributed by atoms with van der Waals surface area (Å²) < 4.78 is 52.7. The lowest BCUT2D eigenvalue weighted by molar-refractivity contribution is -0.277. The summed E-state index contributed by atoms with van der Waals surface area (Å²) in [7, 11) is 0. The molecule has 9 unspecified atom stereocenters. The third-order valence-electron chi connectivity index (χ3n) is 11.8. The Morgan fingerprint density at radius 3 is 1.57 bits per heavy atom. The first-order valence-electron chi connectivity index (χ1n) is 23.9. The van der Waals surface area contributed by atoms with Crippen molar-refractivity contribution in [1.82, 2.24) is 16.0 Å². The van der Waals surface area contributed by atoms with Crippen molar-refractivity contribution in [2.75, 3.05) is 85.9 Å². The van der Waals surface area contributed by atoms with Crippen LogP contribution in [0.2, 0.25) is 0 Å². The molecule has 3 aliphatic rings. The number of carbonyl (C=O) groups excluding carboxylic acids is 3. The first kappa shape index (κ1) is 60.4. The fourth-order valence-corrected chi connectivity index (χ4v) is 8.03. The van der Waals surface area contributed by atoms with Gasteiger partial charge in [-0.15, -0.1) is 0 Å². The van der Waals surface area contributed by atoms with E-state index in [4.69, 9.17) is 42.6 Å². The predicted molar refractivity (Wildman–Crippen MR) is 241 cm³/mol. The van der Waals surface area contributed by atoms with E-state index in [0.717, 1.165) is 12.8 Å². The second kappa shape index (κ2) is 31.5. The Balaban J connectivity index is 1.43. The van der Waals surface area contributed by atoms with E-state index < -0.39 is 128 Å². The first-order chi connectivity index (χ1) is 32.9. The largest absolute Gasteiger partial charge is 0.506 e. The maximum atomic E-state index is 11.8. The zero-order chi connectivity index (χ0) is 51.0. The fraction of sp³-hybridized carbons (Fsp3) is 0.889. The van der Waals surface area contributed by atoms with Crippen molar-refractivity contribution in [3.05, 3.63) is 11.5 Å². The van der Waals surface area contributed by atoms with Gasteiger partial charge in [-0.2, -0.15) is 0 Å². The number of aliphatic hydroxyl groups excluding tert-OH is 8. The normalized spacial score (nSPS) is 30.4. The molecule has 0 aromatic rings. The number of ether oxygens (including phenoxy) is 9. The molecule has 24 nitrogen and oxygen atoms in total. The van der Waals surface area contributed by atoms with Crippen molar-refractivity contribution in [1.29, 1.82) is 0 Å². The Morgan fingerprint density at radius 1 is 0.609 bits per heavy atom. The van der Waals surface area contributed by atoms with Crippen LogP contribution in [-0.2, 0) is 57.0 Å². The fourth-order valence-electron chi connectivity index (χ4n) is 8.03. The third-order valence-corrected chi connectivity index (χ3v) is 11.8. The van der Waals surface area contributed by atoms with Gasteiger partial charge >= 0.3 is 0 Å². The van der Waals surface area contributed by atoms with E-state index in [-0.39, 0.29) is 32.1 Å². The third kappa shape index (κ3) is 20.3. The number of hydrogen-bond acceptors (Lipinski definition) is 21. The summed E-state index contributed by atoms with van der Waals surface area (Å²) in [4.78, 5) is 35.2. The quantitative estimate of drug-likeness (QED) is 0.0324. The number of hydrogen-bond donors (Lipinski definition) is 12. The average Bonchev–Trinajstić information content (AvgIpc) is 3.30. The van der Waals surface area contributed by atoms with E-state index in [1.165, 1.54) is 20.8 Å². The van der Waals surface area contributed by atoms with Crippen molar-refractivity contribution < 1.29 is 103 Å². The summed E-state index contributed by atoms with van der Waals surface area (Å²) in [6.45, 7) is 6.56. The maximum absolute atomic E-state index is 11.8. The van der Waals surface area contributed by atoms with Crippen LogP contribution < -0.4 is 16.0 Å². The highest BCUT2D eigenvalue weighted by Crippen LogP contribution is 2.31. The Morgan fingerprint density at radius 2 is 1.10 bits per heavy atom. The van der Waals surface area contributed by atoms with Crippen LogP contribution >= 0.6 is 0 Å². The second-order valence-electron chi connectivity index (χ2n) is 18.3. The molecule has 0 saturated carbocycles. The molecule has 0 spiro atoms. The standard InChI is InChI=1S/C45H81N3O21/c1-28(53)46-31-20-45(60,24-52)34(23-51)69-41(31)64-17-11-5-8-14-61-25-44(4,26-62-15-9-6-12-18-65-42-35(47-29(2)54)39(58)37(56)32(21-49)67-42)27-63-16-10-7-13-19-66-43-36(48-30(3)55)40(59)38(57)33(22-50)68-43/h31-37,39,41-43,49-52,56-60H,5-27H2,1-4H3,(H,46,53)(H,47,54)(H,48,55)/t31?,32?,33?,34?,35?,36?,37-,39?,41+,42+,43+,44?,45?/m0/s1. The molecule has 0 aromatic carbocycles. The highest BCUT2D eigenvalue weighted by Gasteiger charge is 2.49. The van der Waals surface area contributed by atoms with Gasteiger partial charge in [0.25, 0.3) is 0 Å². The van der Waals surface area contributed by atoms with Gasteiger partial charge in [-0.05, 0) is 57.8 Å². The summed E-state index contributed by atoms with van der Waals surface area (Å²) in [6, 6.07) is -2.88. The van der Waals surface area contributed by atoms with Crippen LogP contribution in [0.15, 0.2) is 11.5 Å². The molecule has 3 aliphatic heterocycles. The van der Waals surface area contributed by atoms with Gasteiger partial charge < -0.3 is 105 Å². The Labute approximate surface area is 403 Å². The minimum absolute atomic E-state index is 0.0574. The Kier molecular flexibility index (Phi) is 27.6. The van der Waals surface area contributed by atoms with Gasteiger partial charge in [-0.25, -0.2) is 0 Å². The van der Waals surface area contributed by atoms with Gasteiger partial charge in [0.15, 0.2) is 30.4 Å². The van der Waals surface area contributed by atoms with Gasteiger partial charge in [0, 0.05) is 72.2 Å². The van der Waals surface area contributed by atoms with Crippen LogP contribution in [0.25, 0.3) is 0 Å². The number of amides is 3. The lowest BCUT2D eigenvalue weighted by atomic mass is 9.86. The highest BCUT2D eigenvalue weighted by molar-refractivity contribution is 5.74. The predicted octanol–water partition coefficient (Wildman–Crippen LogP) is -1.57. The van der Waals surface area contributed by atoms with Crippen LogP contribution in [-0.4, -0.2) is 223 Å². The molecule has 12 N–H and O–H groups in total. The number of carbonyl (C=O) groups is 3. The van der Waals surface area contributed by atoms with Crippen molar-refractivity contribution in [2.24, 2.45) is 5.41 Å². The molecule has 3 heterocycles. The summed E-state index contributed by atoms with van der Waals surface area (Å²) in [5.41, 5.74) is -2.25. The molecule has 3 rings (SSSR count). The number of unbranched alkanes of at least 4 members (excludes halogenated alkanes) is 6. The molecule has 2 saturated heterocycles. The summed E-state index contributed by atoms with van der Waals surface area (Å²) in [6.07, 6.45) is -3.19. The molecule has 0 aromatic heterocycles. The zero-order valence-electron chi connectivity index (χ0n) is 40.5. The molecule has 3 amide bonds. The summed E-state index contributed by atoms with van der Waals surface area (Å²) in [5, 5.41) is 98.2. The SMILES string of the molecule is CC(=O)NC1CC(O)(CO)C(CO)O[C@H]1OCCCCCOCC(C)(COCCCCCO[C@@H]1OC(CO)C(O)=C(O)C1NC(C)=O)COCCCCCO[C@@H]1OC(CO)[C@H](O)C(O)C1NC(C)=O. The number of rotatable bonds is 34. The van der Waals surface area contributed by atoms with E-state index in [1.807, 2.05) is 6.92 Å². The van der Waals surface area contributed by atoms with E-state index >= 15 is 0 Å². The van der Waals surface area contributed by atoms with Gasteiger partial charge in [0.2, 0.25) is 17.7 Å². The van der Waals surface area contributed by atoms with Crippen LogP contribution in [0.5, 0.6) is 0 Å². The lowest BCUT2D eigenvalue weighted by Gasteiger charge is -2.45. The molecular formula is C45H81N3O21. The monoisotopic (exact) mass is 1000 g/mol. The van der Waals surface area contributed by atoms with Crippen LogP contribution in [0, 0.1) is 5.41 Å². The lowest BCUT2D eigenvalue weighted by Crippen LogP contribution is -2.64. The molecule has 0 radical (unpaired) electrons. The number of nitrogens with one attached hydrogen (secondary N) is 3. The molecule has 0 bridgehead atoms. The zero-order valence-corrected chi connectivity index (χ0v) is 40.5.